The average molecular weight is 360 g/mol. The third-order valence-corrected chi connectivity index (χ3v) is 3.64. The van der Waals surface area contributed by atoms with Gasteiger partial charge in [0.2, 0.25) is 0 Å². The van der Waals surface area contributed by atoms with Crippen molar-refractivity contribution in [2.45, 2.75) is 0 Å². The van der Waals surface area contributed by atoms with Gasteiger partial charge in [0.05, 0.1) is 25.5 Å². The lowest BCUT2D eigenvalue weighted by Crippen LogP contribution is -2.15. The molecule has 1 amide bonds. The Balaban J connectivity index is 1.95. The molecule has 0 saturated carbocycles. The average Bonchev–Trinajstić information content (AvgIpc) is 3.15. The number of benzene rings is 2. The number of aromatic nitrogens is 4. The summed E-state index contributed by atoms with van der Waals surface area (Å²) in [4.78, 5) is 12.7. The van der Waals surface area contributed by atoms with Gasteiger partial charge in [-0.15, -0.1) is 5.10 Å². The fraction of sp³-hybridized carbons (Fsp3) is 0.125. The first-order valence-electron chi connectivity index (χ1n) is 7.18. The van der Waals surface area contributed by atoms with Crippen molar-refractivity contribution in [3.05, 3.63) is 53.3 Å². The summed E-state index contributed by atoms with van der Waals surface area (Å²) in [7, 11) is 3.07. The molecule has 0 fully saturated rings. The molecule has 2 aromatic carbocycles. The van der Waals surface area contributed by atoms with E-state index in [1.165, 1.54) is 25.2 Å². The van der Waals surface area contributed by atoms with Crippen molar-refractivity contribution >= 4 is 23.2 Å². The Kier molecular flexibility index (Phi) is 4.80. The second-order valence-electron chi connectivity index (χ2n) is 4.97. The molecule has 0 radical (unpaired) electrons. The van der Waals surface area contributed by atoms with Crippen LogP contribution in [0.15, 0.2) is 42.7 Å². The molecule has 0 atom stereocenters. The highest BCUT2D eigenvalue weighted by atomic mass is 35.5. The minimum Gasteiger partial charge on any atom is -0.497 e. The molecular formula is C16H14ClN5O3. The fourth-order valence-corrected chi connectivity index (χ4v) is 2.41. The van der Waals surface area contributed by atoms with Gasteiger partial charge in [0.1, 0.15) is 17.8 Å². The number of ether oxygens (including phenoxy) is 2. The van der Waals surface area contributed by atoms with Gasteiger partial charge in [-0.1, -0.05) is 11.6 Å². The van der Waals surface area contributed by atoms with Crippen LogP contribution in [0.3, 0.4) is 0 Å². The van der Waals surface area contributed by atoms with E-state index in [4.69, 9.17) is 21.1 Å². The predicted octanol–water partition coefficient (Wildman–Crippen LogP) is 2.59. The summed E-state index contributed by atoms with van der Waals surface area (Å²) in [6, 6.07) is 9.94. The standard InChI is InChI=1S/C16H14ClN5O3/c1-24-12-6-11(7-13(8-12)25-2)19-16(23)14-5-10(17)3-4-15(14)22-9-18-20-21-22/h3-9H,1-2H3,(H,19,23). The number of amides is 1. The number of rotatable bonds is 5. The molecule has 9 heteroatoms. The van der Waals surface area contributed by atoms with E-state index in [-0.39, 0.29) is 5.91 Å². The maximum absolute atomic E-state index is 12.7. The topological polar surface area (TPSA) is 91.2 Å². The zero-order valence-corrected chi connectivity index (χ0v) is 14.2. The minimum atomic E-state index is -0.372. The predicted molar refractivity (Wildman–Crippen MR) is 91.7 cm³/mol. The Labute approximate surface area is 148 Å². The quantitative estimate of drug-likeness (QED) is 0.752. The molecular weight excluding hydrogens is 346 g/mol. The van der Waals surface area contributed by atoms with Crippen LogP contribution in [0.25, 0.3) is 5.69 Å². The Morgan fingerprint density at radius 2 is 1.84 bits per heavy atom. The van der Waals surface area contributed by atoms with E-state index < -0.39 is 0 Å². The maximum Gasteiger partial charge on any atom is 0.257 e. The van der Waals surface area contributed by atoms with Crippen molar-refractivity contribution < 1.29 is 14.3 Å². The molecule has 0 bridgehead atoms. The molecule has 0 aliphatic heterocycles. The SMILES string of the molecule is COc1cc(NC(=O)c2cc(Cl)ccc2-n2cnnn2)cc(OC)c1. The second-order valence-corrected chi connectivity index (χ2v) is 5.41. The number of nitrogens with one attached hydrogen (secondary N) is 1. The monoisotopic (exact) mass is 359 g/mol. The number of hydrogen-bond donors (Lipinski definition) is 1. The largest absolute Gasteiger partial charge is 0.497 e. The third kappa shape index (κ3) is 3.69. The van der Waals surface area contributed by atoms with Crippen LogP contribution in [0.4, 0.5) is 5.69 Å². The maximum atomic E-state index is 12.7. The van der Waals surface area contributed by atoms with Crippen LogP contribution in [-0.4, -0.2) is 40.3 Å². The molecule has 0 aliphatic carbocycles. The summed E-state index contributed by atoms with van der Waals surface area (Å²) in [5, 5.41) is 14.2. The zero-order valence-electron chi connectivity index (χ0n) is 13.4. The van der Waals surface area contributed by atoms with E-state index in [0.29, 0.717) is 33.5 Å². The summed E-state index contributed by atoms with van der Waals surface area (Å²) in [6.45, 7) is 0. The van der Waals surface area contributed by atoms with E-state index in [1.807, 2.05) is 0 Å². The smallest absolute Gasteiger partial charge is 0.257 e. The second kappa shape index (κ2) is 7.18. The highest BCUT2D eigenvalue weighted by Gasteiger charge is 2.16. The Morgan fingerprint density at radius 3 is 2.44 bits per heavy atom. The molecule has 25 heavy (non-hydrogen) atoms. The number of methoxy groups -OCH3 is 2. The van der Waals surface area contributed by atoms with Crippen LogP contribution in [-0.2, 0) is 0 Å². The summed E-state index contributed by atoms with van der Waals surface area (Å²) in [6.07, 6.45) is 1.40. The van der Waals surface area contributed by atoms with Gasteiger partial charge in [-0.2, -0.15) is 4.68 Å². The molecule has 0 spiro atoms. The van der Waals surface area contributed by atoms with Crippen molar-refractivity contribution in [3.8, 4) is 17.2 Å². The first-order chi connectivity index (χ1) is 12.1. The third-order valence-electron chi connectivity index (χ3n) is 3.41. The molecule has 3 rings (SSSR count). The highest BCUT2D eigenvalue weighted by molar-refractivity contribution is 6.31. The summed E-state index contributed by atoms with van der Waals surface area (Å²) in [5.74, 6) is 0.742. The first-order valence-corrected chi connectivity index (χ1v) is 7.56. The lowest BCUT2D eigenvalue weighted by Gasteiger charge is -2.12. The van der Waals surface area contributed by atoms with Crippen molar-refractivity contribution in [1.29, 1.82) is 0 Å². The number of carbonyl (C=O) groups is 1. The van der Waals surface area contributed by atoms with Crippen LogP contribution in [0.1, 0.15) is 10.4 Å². The van der Waals surface area contributed by atoms with Gasteiger partial charge in [0.15, 0.2) is 0 Å². The summed E-state index contributed by atoms with van der Waals surface area (Å²) < 4.78 is 11.8. The number of anilines is 1. The van der Waals surface area contributed by atoms with Crippen LogP contribution in [0.5, 0.6) is 11.5 Å². The normalized spacial score (nSPS) is 10.4. The van der Waals surface area contributed by atoms with Gasteiger partial charge in [-0.3, -0.25) is 4.79 Å². The number of carbonyl (C=O) groups excluding carboxylic acids is 1. The molecule has 3 aromatic rings. The van der Waals surface area contributed by atoms with Crippen molar-refractivity contribution in [3.63, 3.8) is 0 Å². The van der Waals surface area contributed by atoms with E-state index >= 15 is 0 Å². The van der Waals surface area contributed by atoms with Gasteiger partial charge in [-0.25, -0.2) is 0 Å². The lowest BCUT2D eigenvalue weighted by molar-refractivity contribution is 0.102. The zero-order chi connectivity index (χ0) is 17.8. The molecule has 1 heterocycles. The number of nitrogens with zero attached hydrogens (tertiary/aromatic N) is 4. The Bertz CT molecular complexity index is 877. The minimum absolute atomic E-state index is 0.321. The Morgan fingerprint density at radius 1 is 1.12 bits per heavy atom. The van der Waals surface area contributed by atoms with Gasteiger partial charge in [0, 0.05) is 28.9 Å². The molecule has 8 nitrogen and oxygen atoms in total. The van der Waals surface area contributed by atoms with Gasteiger partial charge in [0.25, 0.3) is 5.91 Å². The summed E-state index contributed by atoms with van der Waals surface area (Å²) in [5.41, 5.74) is 1.34. The van der Waals surface area contributed by atoms with Crippen LogP contribution >= 0.6 is 11.6 Å². The van der Waals surface area contributed by atoms with Gasteiger partial charge < -0.3 is 14.8 Å². The van der Waals surface area contributed by atoms with Crippen molar-refractivity contribution in [2.75, 3.05) is 19.5 Å². The Hall–Kier alpha value is -3.13. The molecule has 0 saturated heterocycles. The van der Waals surface area contributed by atoms with E-state index in [0.717, 1.165) is 0 Å². The van der Waals surface area contributed by atoms with E-state index in [2.05, 4.69) is 20.8 Å². The number of hydrogen-bond acceptors (Lipinski definition) is 6. The first kappa shape index (κ1) is 16.7. The lowest BCUT2D eigenvalue weighted by atomic mass is 10.1. The van der Waals surface area contributed by atoms with Gasteiger partial charge in [-0.05, 0) is 28.6 Å². The van der Waals surface area contributed by atoms with Crippen molar-refractivity contribution in [1.82, 2.24) is 20.2 Å². The van der Waals surface area contributed by atoms with Crippen LogP contribution < -0.4 is 14.8 Å². The molecule has 128 valence electrons. The van der Waals surface area contributed by atoms with Crippen molar-refractivity contribution in [2.24, 2.45) is 0 Å². The fourth-order valence-electron chi connectivity index (χ4n) is 2.24. The number of halogens is 1. The van der Waals surface area contributed by atoms with Crippen LogP contribution in [0, 0.1) is 0 Å². The highest BCUT2D eigenvalue weighted by Crippen LogP contribution is 2.27. The van der Waals surface area contributed by atoms with E-state index in [9.17, 15) is 4.79 Å². The molecule has 0 unspecified atom stereocenters. The van der Waals surface area contributed by atoms with Gasteiger partial charge >= 0.3 is 0 Å². The molecule has 1 N–H and O–H groups in total. The summed E-state index contributed by atoms with van der Waals surface area (Å²) >= 11 is 6.04. The van der Waals surface area contributed by atoms with E-state index in [1.54, 1.807) is 36.4 Å². The number of tetrazole rings is 1. The molecule has 1 aromatic heterocycles. The van der Waals surface area contributed by atoms with Crippen LogP contribution in [0.2, 0.25) is 5.02 Å². The molecule has 0 aliphatic rings.